The maximum absolute atomic E-state index is 5.73. The van der Waals surface area contributed by atoms with Crippen LogP contribution in [0.25, 0.3) is 0 Å². The van der Waals surface area contributed by atoms with Gasteiger partial charge in [0.1, 0.15) is 5.15 Å². The second-order valence-electron chi connectivity index (χ2n) is 3.67. The molecule has 1 aromatic rings. The molecular weight excluding hydrogens is 182 g/mol. The summed E-state index contributed by atoms with van der Waals surface area (Å²) in [6.07, 6.45) is 3.04. The molecule has 0 spiro atoms. The SMILES string of the molecule is CCC(c1ccc(Cl)nc1)C(C)C. The van der Waals surface area contributed by atoms with Crippen LogP contribution in [0.3, 0.4) is 0 Å². The molecule has 1 nitrogen and oxygen atoms in total. The Labute approximate surface area is 85.1 Å². The smallest absolute Gasteiger partial charge is 0.129 e. The molecule has 0 radical (unpaired) electrons. The number of pyridine rings is 1. The van der Waals surface area contributed by atoms with Crippen molar-refractivity contribution in [2.24, 2.45) is 5.92 Å². The topological polar surface area (TPSA) is 12.9 Å². The van der Waals surface area contributed by atoms with Crippen LogP contribution >= 0.6 is 11.6 Å². The van der Waals surface area contributed by atoms with Crippen LogP contribution in [0, 0.1) is 5.92 Å². The zero-order valence-corrected chi connectivity index (χ0v) is 9.17. The Bertz CT molecular complexity index is 253. The fraction of sp³-hybridized carbons (Fsp3) is 0.545. The van der Waals surface area contributed by atoms with E-state index in [1.165, 1.54) is 5.56 Å². The molecule has 1 atom stereocenters. The molecule has 0 aliphatic heterocycles. The lowest BCUT2D eigenvalue weighted by atomic mass is 9.87. The van der Waals surface area contributed by atoms with Crippen LogP contribution in [0.15, 0.2) is 18.3 Å². The first kappa shape index (κ1) is 10.5. The summed E-state index contributed by atoms with van der Waals surface area (Å²) in [7, 11) is 0. The fourth-order valence-corrected chi connectivity index (χ4v) is 1.81. The van der Waals surface area contributed by atoms with Gasteiger partial charge in [-0.05, 0) is 29.9 Å². The quantitative estimate of drug-likeness (QED) is 0.671. The zero-order valence-electron chi connectivity index (χ0n) is 8.42. The number of hydrogen-bond donors (Lipinski definition) is 0. The standard InChI is InChI=1S/C11H16ClN/c1-4-10(8(2)3)9-5-6-11(12)13-7-9/h5-8,10H,4H2,1-3H3. The van der Waals surface area contributed by atoms with E-state index in [0.29, 0.717) is 17.0 Å². The van der Waals surface area contributed by atoms with Gasteiger partial charge in [-0.15, -0.1) is 0 Å². The van der Waals surface area contributed by atoms with E-state index in [1.807, 2.05) is 12.3 Å². The molecule has 1 unspecified atom stereocenters. The molecule has 1 aromatic heterocycles. The summed E-state index contributed by atoms with van der Waals surface area (Å²) in [5.41, 5.74) is 1.29. The normalized spacial score (nSPS) is 13.3. The monoisotopic (exact) mass is 197 g/mol. The van der Waals surface area contributed by atoms with Crippen molar-refractivity contribution in [2.45, 2.75) is 33.1 Å². The lowest BCUT2D eigenvalue weighted by Crippen LogP contribution is -2.05. The van der Waals surface area contributed by atoms with Crippen LogP contribution in [0.5, 0.6) is 0 Å². The summed E-state index contributed by atoms with van der Waals surface area (Å²) in [5, 5.41) is 0.572. The Morgan fingerprint density at radius 3 is 2.46 bits per heavy atom. The van der Waals surface area contributed by atoms with Crippen molar-refractivity contribution in [1.29, 1.82) is 0 Å². The summed E-state index contributed by atoms with van der Waals surface area (Å²) in [6.45, 7) is 6.69. The van der Waals surface area contributed by atoms with Crippen LogP contribution in [-0.4, -0.2) is 4.98 Å². The molecule has 0 N–H and O–H groups in total. The fourth-order valence-electron chi connectivity index (χ4n) is 1.70. The number of aromatic nitrogens is 1. The molecule has 1 heterocycles. The first-order valence-electron chi connectivity index (χ1n) is 4.76. The highest BCUT2D eigenvalue weighted by molar-refractivity contribution is 6.29. The van der Waals surface area contributed by atoms with Gasteiger partial charge in [-0.25, -0.2) is 4.98 Å². The predicted molar refractivity (Wildman–Crippen MR) is 57.1 cm³/mol. The highest BCUT2D eigenvalue weighted by Gasteiger charge is 2.13. The molecule has 0 aliphatic rings. The molecule has 0 saturated heterocycles. The maximum Gasteiger partial charge on any atom is 0.129 e. The summed E-state index contributed by atoms with van der Waals surface area (Å²) >= 11 is 5.73. The third-order valence-electron chi connectivity index (χ3n) is 2.42. The van der Waals surface area contributed by atoms with Crippen molar-refractivity contribution >= 4 is 11.6 Å². The van der Waals surface area contributed by atoms with Gasteiger partial charge in [-0.1, -0.05) is 38.4 Å². The minimum atomic E-state index is 0.572. The largest absolute Gasteiger partial charge is 0.244 e. The van der Waals surface area contributed by atoms with E-state index in [2.05, 4.69) is 31.8 Å². The zero-order chi connectivity index (χ0) is 9.84. The molecule has 0 bridgehead atoms. The van der Waals surface area contributed by atoms with Crippen LogP contribution in [-0.2, 0) is 0 Å². The van der Waals surface area contributed by atoms with Crippen LogP contribution in [0.4, 0.5) is 0 Å². The Balaban J connectivity index is 2.86. The maximum atomic E-state index is 5.73. The Morgan fingerprint density at radius 1 is 1.38 bits per heavy atom. The van der Waals surface area contributed by atoms with Gasteiger partial charge in [0.2, 0.25) is 0 Å². The Kier molecular flexibility index (Phi) is 3.73. The van der Waals surface area contributed by atoms with Crippen LogP contribution in [0.1, 0.15) is 38.7 Å². The van der Waals surface area contributed by atoms with Gasteiger partial charge in [0.25, 0.3) is 0 Å². The molecule has 0 saturated carbocycles. The predicted octanol–water partition coefficient (Wildman–Crippen LogP) is 3.88. The van der Waals surface area contributed by atoms with Gasteiger partial charge in [-0.2, -0.15) is 0 Å². The van der Waals surface area contributed by atoms with Crippen molar-refractivity contribution in [3.8, 4) is 0 Å². The lowest BCUT2D eigenvalue weighted by Gasteiger charge is -2.18. The second kappa shape index (κ2) is 4.61. The van der Waals surface area contributed by atoms with Crippen molar-refractivity contribution in [3.63, 3.8) is 0 Å². The van der Waals surface area contributed by atoms with Gasteiger partial charge < -0.3 is 0 Å². The van der Waals surface area contributed by atoms with E-state index in [4.69, 9.17) is 11.6 Å². The number of halogens is 1. The number of nitrogens with zero attached hydrogens (tertiary/aromatic N) is 1. The van der Waals surface area contributed by atoms with E-state index in [-0.39, 0.29) is 0 Å². The molecule has 13 heavy (non-hydrogen) atoms. The van der Waals surface area contributed by atoms with Crippen molar-refractivity contribution in [3.05, 3.63) is 29.0 Å². The van der Waals surface area contributed by atoms with E-state index < -0.39 is 0 Å². The Morgan fingerprint density at radius 2 is 2.08 bits per heavy atom. The van der Waals surface area contributed by atoms with E-state index in [1.54, 1.807) is 0 Å². The number of rotatable bonds is 3. The van der Waals surface area contributed by atoms with Crippen molar-refractivity contribution < 1.29 is 0 Å². The minimum absolute atomic E-state index is 0.572. The van der Waals surface area contributed by atoms with E-state index in [0.717, 1.165) is 6.42 Å². The average Bonchev–Trinajstić information content (AvgIpc) is 2.09. The van der Waals surface area contributed by atoms with E-state index >= 15 is 0 Å². The molecule has 0 aromatic carbocycles. The molecule has 2 heteroatoms. The third kappa shape index (κ3) is 2.70. The minimum Gasteiger partial charge on any atom is -0.244 e. The summed E-state index contributed by atoms with van der Waals surface area (Å²) in [4.78, 5) is 4.10. The molecule has 0 aliphatic carbocycles. The first-order chi connectivity index (χ1) is 6.15. The van der Waals surface area contributed by atoms with Crippen LogP contribution < -0.4 is 0 Å². The molecule has 1 rings (SSSR count). The highest BCUT2D eigenvalue weighted by atomic mass is 35.5. The highest BCUT2D eigenvalue weighted by Crippen LogP contribution is 2.27. The number of hydrogen-bond acceptors (Lipinski definition) is 1. The molecule has 0 fully saturated rings. The van der Waals surface area contributed by atoms with Gasteiger partial charge in [-0.3, -0.25) is 0 Å². The summed E-state index contributed by atoms with van der Waals surface area (Å²) < 4.78 is 0. The molecule has 0 amide bonds. The second-order valence-corrected chi connectivity index (χ2v) is 4.06. The van der Waals surface area contributed by atoms with Crippen molar-refractivity contribution in [1.82, 2.24) is 4.98 Å². The van der Waals surface area contributed by atoms with Crippen molar-refractivity contribution in [2.75, 3.05) is 0 Å². The molecular formula is C11H16ClN. The third-order valence-corrected chi connectivity index (χ3v) is 2.65. The summed E-state index contributed by atoms with van der Waals surface area (Å²) in [6, 6.07) is 3.94. The van der Waals surface area contributed by atoms with E-state index in [9.17, 15) is 0 Å². The van der Waals surface area contributed by atoms with Gasteiger partial charge in [0, 0.05) is 6.20 Å². The summed E-state index contributed by atoms with van der Waals surface area (Å²) in [5.74, 6) is 1.26. The lowest BCUT2D eigenvalue weighted by molar-refractivity contribution is 0.484. The van der Waals surface area contributed by atoms with Gasteiger partial charge >= 0.3 is 0 Å². The Hall–Kier alpha value is -0.560. The van der Waals surface area contributed by atoms with Gasteiger partial charge in [0.15, 0.2) is 0 Å². The average molecular weight is 198 g/mol. The van der Waals surface area contributed by atoms with Crippen LogP contribution in [0.2, 0.25) is 5.15 Å². The molecule has 72 valence electrons. The first-order valence-corrected chi connectivity index (χ1v) is 5.14. The van der Waals surface area contributed by atoms with Gasteiger partial charge in [0.05, 0.1) is 0 Å².